The van der Waals surface area contributed by atoms with Gasteiger partial charge in [-0.15, -0.1) is 0 Å². The Bertz CT molecular complexity index is 432. The van der Waals surface area contributed by atoms with Gasteiger partial charge in [0, 0.05) is 7.05 Å². The molecular weight excluding hydrogens is 246 g/mol. The molecule has 0 aliphatic carbocycles. The van der Waals surface area contributed by atoms with Crippen LogP contribution in [0.1, 0.15) is 25.5 Å². The van der Waals surface area contributed by atoms with Gasteiger partial charge in [0.1, 0.15) is 6.61 Å². The maximum absolute atomic E-state index is 11.9. The minimum absolute atomic E-state index is 0.0857. The van der Waals surface area contributed by atoms with E-state index in [0.29, 0.717) is 0 Å². The molecule has 1 aromatic rings. The molecule has 19 heavy (non-hydrogen) atoms. The fourth-order valence-corrected chi connectivity index (χ4v) is 1.54. The number of likely N-dealkylation sites (N-methyl/N-ethyl adjacent to an activating group) is 1. The topological polar surface area (TPSA) is 66.8 Å². The highest BCUT2D eigenvalue weighted by Gasteiger charge is 2.19. The number of amides is 1. The third-order valence-electron chi connectivity index (χ3n) is 3.06. The number of carbonyl (C=O) groups is 2. The second-order valence-electron chi connectivity index (χ2n) is 4.38. The number of carboxylic acids is 1. The normalized spacial score (nSPS) is 13.6. The van der Waals surface area contributed by atoms with Crippen LogP contribution in [0.4, 0.5) is 0 Å². The van der Waals surface area contributed by atoms with E-state index in [1.54, 1.807) is 11.9 Å². The summed E-state index contributed by atoms with van der Waals surface area (Å²) in [5.74, 6) is -1.32. The highest BCUT2D eigenvalue weighted by molar-refractivity contribution is 5.78. The highest BCUT2D eigenvalue weighted by atomic mass is 16.5. The zero-order valence-corrected chi connectivity index (χ0v) is 11.4. The molecule has 0 spiro atoms. The third-order valence-corrected chi connectivity index (χ3v) is 3.06. The van der Waals surface area contributed by atoms with Crippen LogP contribution < -0.4 is 0 Å². The van der Waals surface area contributed by atoms with Crippen LogP contribution in [-0.4, -0.2) is 41.6 Å². The van der Waals surface area contributed by atoms with Gasteiger partial charge in [-0.3, -0.25) is 4.79 Å². The number of aliphatic carboxylic acids is 1. The molecule has 1 amide bonds. The number of carboxylic acid groups (broad SMARTS) is 1. The van der Waals surface area contributed by atoms with Crippen molar-refractivity contribution >= 4 is 11.9 Å². The van der Waals surface area contributed by atoms with E-state index in [1.165, 1.54) is 6.92 Å². The molecule has 0 aromatic heterocycles. The molecule has 0 aliphatic rings. The SMILES string of the molecule is CC(c1ccccc1)N(C)C(=O)CO[C@@H](C)C(=O)O. The summed E-state index contributed by atoms with van der Waals surface area (Å²) in [4.78, 5) is 24.0. The fraction of sp³-hybridized carbons (Fsp3) is 0.429. The lowest BCUT2D eigenvalue weighted by Crippen LogP contribution is -2.34. The Balaban J connectivity index is 2.55. The quantitative estimate of drug-likeness (QED) is 0.850. The molecule has 5 nitrogen and oxygen atoms in total. The summed E-state index contributed by atoms with van der Waals surface area (Å²) >= 11 is 0. The Kier molecular flexibility index (Phi) is 5.51. The minimum atomic E-state index is -1.08. The Morgan fingerprint density at radius 3 is 2.37 bits per heavy atom. The first-order chi connectivity index (χ1) is 8.93. The molecule has 0 saturated carbocycles. The van der Waals surface area contributed by atoms with Gasteiger partial charge in [0.15, 0.2) is 6.10 Å². The van der Waals surface area contributed by atoms with Crippen molar-refractivity contribution < 1.29 is 19.4 Å². The molecule has 0 aliphatic heterocycles. The molecule has 1 N–H and O–H groups in total. The summed E-state index contributed by atoms with van der Waals surface area (Å²) in [5, 5.41) is 8.67. The van der Waals surface area contributed by atoms with Crippen molar-refractivity contribution in [2.75, 3.05) is 13.7 Å². The van der Waals surface area contributed by atoms with Crippen LogP contribution in [-0.2, 0) is 14.3 Å². The van der Waals surface area contributed by atoms with Gasteiger partial charge in [-0.2, -0.15) is 0 Å². The fourth-order valence-electron chi connectivity index (χ4n) is 1.54. The molecule has 0 bridgehead atoms. The van der Waals surface area contributed by atoms with Crippen molar-refractivity contribution in [3.63, 3.8) is 0 Å². The number of carbonyl (C=O) groups excluding carboxylic acids is 1. The lowest BCUT2D eigenvalue weighted by Gasteiger charge is -2.25. The Morgan fingerprint density at radius 2 is 1.84 bits per heavy atom. The van der Waals surface area contributed by atoms with E-state index in [4.69, 9.17) is 9.84 Å². The first-order valence-electron chi connectivity index (χ1n) is 6.08. The first kappa shape index (κ1) is 15.2. The standard InChI is InChI=1S/C14H19NO4/c1-10(12-7-5-4-6-8-12)15(3)13(16)9-19-11(2)14(17)18/h4-8,10-11H,9H2,1-3H3,(H,17,18)/t10?,11-/m0/s1. The first-order valence-corrected chi connectivity index (χ1v) is 6.08. The minimum Gasteiger partial charge on any atom is -0.479 e. The van der Waals surface area contributed by atoms with Crippen LogP contribution in [0, 0.1) is 0 Å². The van der Waals surface area contributed by atoms with Crippen molar-refractivity contribution in [1.29, 1.82) is 0 Å². The molecule has 5 heteroatoms. The monoisotopic (exact) mass is 265 g/mol. The molecule has 1 unspecified atom stereocenters. The van der Waals surface area contributed by atoms with E-state index in [9.17, 15) is 9.59 Å². The second kappa shape index (κ2) is 6.89. The van der Waals surface area contributed by atoms with Gasteiger partial charge in [0.05, 0.1) is 6.04 Å². The molecule has 2 atom stereocenters. The largest absolute Gasteiger partial charge is 0.479 e. The lowest BCUT2D eigenvalue weighted by atomic mass is 10.1. The van der Waals surface area contributed by atoms with Crippen molar-refractivity contribution in [2.24, 2.45) is 0 Å². The summed E-state index contributed by atoms with van der Waals surface area (Å²) < 4.78 is 4.98. The van der Waals surface area contributed by atoms with Crippen LogP contribution >= 0.6 is 0 Å². The zero-order valence-electron chi connectivity index (χ0n) is 11.4. The number of hydrogen-bond acceptors (Lipinski definition) is 3. The number of nitrogens with zero attached hydrogens (tertiary/aromatic N) is 1. The van der Waals surface area contributed by atoms with Crippen molar-refractivity contribution in [1.82, 2.24) is 4.90 Å². The average Bonchev–Trinajstić information content (AvgIpc) is 2.43. The third kappa shape index (κ3) is 4.37. The van der Waals surface area contributed by atoms with E-state index in [0.717, 1.165) is 5.56 Å². The summed E-state index contributed by atoms with van der Waals surface area (Å²) in [6.07, 6.45) is -0.982. The average molecular weight is 265 g/mol. The van der Waals surface area contributed by atoms with Crippen molar-refractivity contribution in [3.8, 4) is 0 Å². The number of hydrogen-bond donors (Lipinski definition) is 1. The predicted molar refractivity (Wildman–Crippen MR) is 70.7 cm³/mol. The molecule has 104 valence electrons. The summed E-state index contributed by atoms with van der Waals surface area (Å²) in [5.41, 5.74) is 1.02. The molecule has 1 aromatic carbocycles. The van der Waals surface area contributed by atoms with E-state index in [-0.39, 0.29) is 18.6 Å². The van der Waals surface area contributed by atoms with Crippen LogP contribution in [0.2, 0.25) is 0 Å². The van der Waals surface area contributed by atoms with E-state index in [2.05, 4.69) is 0 Å². The van der Waals surface area contributed by atoms with Crippen LogP contribution in [0.5, 0.6) is 0 Å². The summed E-state index contributed by atoms with van der Waals surface area (Å²) in [6, 6.07) is 9.53. The maximum Gasteiger partial charge on any atom is 0.332 e. The molecule has 0 radical (unpaired) electrons. The van der Waals surface area contributed by atoms with Crippen molar-refractivity contribution in [2.45, 2.75) is 26.0 Å². The Morgan fingerprint density at radius 1 is 1.26 bits per heavy atom. The molecule has 0 fully saturated rings. The summed E-state index contributed by atoms with van der Waals surface area (Å²) in [6.45, 7) is 3.07. The van der Waals surface area contributed by atoms with Crippen molar-refractivity contribution in [3.05, 3.63) is 35.9 Å². The molecular formula is C14H19NO4. The van der Waals surface area contributed by atoms with E-state index >= 15 is 0 Å². The molecule has 0 saturated heterocycles. The van der Waals surface area contributed by atoms with Gasteiger partial charge in [-0.1, -0.05) is 30.3 Å². The Labute approximate surface area is 112 Å². The second-order valence-corrected chi connectivity index (χ2v) is 4.38. The van der Waals surface area contributed by atoms with Gasteiger partial charge in [0.25, 0.3) is 0 Å². The highest BCUT2D eigenvalue weighted by Crippen LogP contribution is 2.18. The van der Waals surface area contributed by atoms with Crippen LogP contribution in [0.25, 0.3) is 0 Å². The number of benzene rings is 1. The molecule has 0 heterocycles. The zero-order chi connectivity index (χ0) is 14.4. The van der Waals surface area contributed by atoms with Gasteiger partial charge in [0.2, 0.25) is 5.91 Å². The number of rotatable bonds is 6. The Hall–Kier alpha value is -1.88. The lowest BCUT2D eigenvalue weighted by molar-refractivity contribution is -0.153. The number of ether oxygens (including phenoxy) is 1. The van der Waals surface area contributed by atoms with Crippen LogP contribution in [0.15, 0.2) is 30.3 Å². The molecule has 1 rings (SSSR count). The summed E-state index contributed by atoms with van der Waals surface area (Å²) in [7, 11) is 1.68. The van der Waals surface area contributed by atoms with Crippen LogP contribution in [0.3, 0.4) is 0 Å². The van der Waals surface area contributed by atoms with Gasteiger partial charge >= 0.3 is 5.97 Å². The smallest absolute Gasteiger partial charge is 0.332 e. The van der Waals surface area contributed by atoms with E-state index in [1.807, 2.05) is 37.3 Å². The van der Waals surface area contributed by atoms with E-state index < -0.39 is 12.1 Å². The maximum atomic E-state index is 11.9. The van der Waals surface area contributed by atoms with Gasteiger partial charge in [-0.25, -0.2) is 4.79 Å². The van der Waals surface area contributed by atoms with Gasteiger partial charge in [-0.05, 0) is 19.4 Å². The predicted octanol–water partition coefficient (Wildman–Crippen LogP) is 1.70. The van der Waals surface area contributed by atoms with Gasteiger partial charge < -0.3 is 14.7 Å².